The number of fused-ring (bicyclic) bond motifs is 2. The Kier molecular flexibility index (Phi) is 5.74. The number of benzene rings is 2. The number of aryl methyl sites for hydroxylation is 1. The molecule has 0 bridgehead atoms. The summed E-state index contributed by atoms with van der Waals surface area (Å²) in [7, 11) is 5.65. The summed E-state index contributed by atoms with van der Waals surface area (Å²) < 4.78 is 12.4. The van der Waals surface area contributed by atoms with Crippen LogP contribution >= 0.6 is 11.3 Å². The number of ether oxygens (including phenoxy) is 1. The Hall–Kier alpha value is -2.90. The molecule has 0 radical (unpaired) electrons. The lowest BCUT2D eigenvalue weighted by molar-refractivity contribution is 0.0961. The van der Waals surface area contributed by atoms with Crippen LogP contribution < -0.4 is 9.64 Å². The van der Waals surface area contributed by atoms with E-state index >= 15 is 0 Å². The third-order valence-corrected chi connectivity index (χ3v) is 6.05. The molecular formula is C23H25N3O3S. The lowest BCUT2D eigenvalue weighted by Crippen LogP contribution is -2.33. The third kappa shape index (κ3) is 3.91. The molecule has 0 atom stereocenters. The molecule has 7 heteroatoms. The second-order valence-corrected chi connectivity index (χ2v) is 8.53. The second-order valence-electron chi connectivity index (χ2n) is 7.52. The molecule has 0 spiro atoms. The van der Waals surface area contributed by atoms with Gasteiger partial charge in [0.15, 0.2) is 22.2 Å². The number of hydrogen-bond donors (Lipinski definition) is 0. The molecule has 4 rings (SSSR count). The zero-order valence-corrected chi connectivity index (χ0v) is 18.5. The average Bonchev–Trinajstić information content (AvgIpc) is 3.35. The summed E-state index contributed by atoms with van der Waals surface area (Å²) >= 11 is 1.53. The molecule has 0 aliphatic heterocycles. The Labute approximate surface area is 179 Å². The summed E-state index contributed by atoms with van der Waals surface area (Å²) in [5, 5.41) is 1.53. The Morgan fingerprint density at radius 1 is 1.17 bits per heavy atom. The number of furan rings is 1. The predicted octanol–water partition coefficient (Wildman–Crippen LogP) is 4.96. The van der Waals surface area contributed by atoms with Crippen LogP contribution in [-0.4, -0.2) is 50.1 Å². The number of aromatic nitrogens is 1. The molecule has 0 fully saturated rings. The first-order valence-corrected chi connectivity index (χ1v) is 10.7. The summed E-state index contributed by atoms with van der Waals surface area (Å²) in [6.07, 6.45) is 0.831. The van der Waals surface area contributed by atoms with Crippen LogP contribution in [0.25, 0.3) is 21.2 Å². The number of thiazole rings is 1. The lowest BCUT2D eigenvalue weighted by Gasteiger charge is -2.19. The van der Waals surface area contributed by atoms with Gasteiger partial charge in [0, 0.05) is 11.9 Å². The first-order valence-electron chi connectivity index (χ1n) is 9.87. The SMILES string of the molecule is COc1cccc2cc(C(=O)N(CCCN(C)C)c3nc4c(C)cccc4s3)oc12. The van der Waals surface area contributed by atoms with E-state index in [0.29, 0.717) is 23.0 Å². The van der Waals surface area contributed by atoms with Crippen LogP contribution in [0.3, 0.4) is 0 Å². The van der Waals surface area contributed by atoms with Gasteiger partial charge >= 0.3 is 0 Å². The minimum Gasteiger partial charge on any atom is -0.493 e. The predicted molar refractivity (Wildman–Crippen MR) is 122 cm³/mol. The first-order chi connectivity index (χ1) is 14.5. The van der Waals surface area contributed by atoms with Crippen molar-refractivity contribution in [2.45, 2.75) is 13.3 Å². The Balaban J connectivity index is 1.73. The molecule has 6 nitrogen and oxygen atoms in total. The fourth-order valence-corrected chi connectivity index (χ4v) is 4.52. The van der Waals surface area contributed by atoms with E-state index in [2.05, 4.69) is 4.90 Å². The normalized spacial score (nSPS) is 11.5. The van der Waals surface area contributed by atoms with E-state index in [0.717, 1.165) is 34.1 Å². The number of rotatable bonds is 7. The Morgan fingerprint density at radius 3 is 2.70 bits per heavy atom. The van der Waals surface area contributed by atoms with Gasteiger partial charge in [-0.1, -0.05) is 35.6 Å². The fourth-order valence-electron chi connectivity index (χ4n) is 3.45. The summed E-state index contributed by atoms with van der Waals surface area (Å²) in [5.74, 6) is 0.709. The van der Waals surface area contributed by atoms with Crippen molar-refractivity contribution < 1.29 is 13.9 Å². The summed E-state index contributed by atoms with van der Waals surface area (Å²) in [6, 6.07) is 13.5. The van der Waals surface area contributed by atoms with Gasteiger partial charge in [0.1, 0.15) is 0 Å². The smallest absolute Gasteiger partial charge is 0.295 e. The van der Waals surface area contributed by atoms with E-state index in [1.807, 2.05) is 57.4 Å². The van der Waals surface area contributed by atoms with Crippen molar-refractivity contribution in [3.63, 3.8) is 0 Å². The van der Waals surface area contributed by atoms with E-state index in [4.69, 9.17) is 14.1 Å². The highest BCUT2D eigenvalue weighted by Crippen LogP contribution is 2.33. The van der Waals surface area contributed by atoms with Gasteiger partial charge in [-0.3, -0.25) is 9.69 Å². The van der Waals surface area contributed by atoms with Crippen LogP contribution in [0, 0.1) is 6.92 Å². The van der Waals surface area contributed by atoms with Crippen molar-refractivity contribution in [3.05, 3.63) is 53.8 Å². The van der Waals surface area contributed by atoms with E-state index in [-0.39, 0.29) is 11.7 Å². The number of nitrogens with zero attached hydrogens (tertiary/aromatic N) is 3. The highest BCUT2D eigenvalue weighted by Gasteiger charge is 2.25. The monoisotopic (exact) mass is 423 g/mol. The summed E-state index contributed by atoms with van der Waals surface area (Å²) in [4.78, 5) is 22.1. The van der Waals surface area contributed by atoms with Gasteiger partial charge < -0.3 is 14.1 Å². The van der Waals surface area contributed by atoms with Crippen LogP contribution in [0.1, 0.15) is 22.5 Å². The number of carbonyl (C=O) groups is 1. The molecule has 2 heterocycles. The van der Waals surface area contributed by atoms with Gasteiger partial charge in [-0.15, -0.1) is 0 Å². The molecule has 2 aromatic heterocycles. The first kappa shape index (κ1) is 20.4. The van der Waals surface area contributed by atoms with Crippen LogP contribution in [0.2, 0.25) is 0 Å². The van der Waals surface area contributed by atoms with E-state index in [1.54, 1.807) is 18.1 Å². The van der Waals surface area contributed by atoms with Crippen LogP contribution in [0.4, 0.5) is 5.13 Å². The number of amides is 1. The molecule has 156 valence electrons. The van der Waals surface area contributed by atoms with Crippen molar-refractivity contribution in [2.75, 3.05) is 39.2 Å². The zero-order valence-electron chi connectivity index (χ0n) is 17.6. The minimum absolute atomic E-state index is 0.191. The Morgan fingerprint density at radius 2 is 1.97 bits per heavy atom. The highest BCUT2D eigenvalue weighted by molar-refractivity contribution is 7.22. The van der Waals surface area contributed by atoms with E-state index < -0.39 is 0 Å². The molecule has 0 aliphatic carbocycles. The zero-order chi connectivity index (χ0) is 21.3. The minimum atomic E-state index is -0.191. The third-order valence-electron chi connectivity index (χ3n) is 5.01. The maximum absolute atomic E-state index is 13.5. The molecule has 0 aliphatic rings. The van der Waals surface area contributed by atoms with E-state index in [9.17, 15) is 4.79 Å². The average molecular weight is 424 g/mol. The molecule has 1 amide bonds. The number of anilines is 1. The van der Waals surface area contributed by atoms with Crippen LogP contribution in [0.15, 0.2) is 46.9 Å². The van der Waals surface area contributed by atoms with Gasteiger partial charge in [0.2, 0.25) is 0 Å². The number of para-hydroxylation sites is 2. The van der Waals surface area contributed by atoms with Gasteiger partial charge in [-0.2, -0.15) is 0 Å². The maximum atomic E-state index is 13.5. The van der Waals surface area contributed by atoms with Gasteiger partial charge in [-0.05, 0) is 57.7 Å². The largest absolute Gasteiger partial charge is 0.493 e. The standard InChI is InChI=1S/C23H25N3O3S/c1-15-8-5-11-19-20(15)24-23(30-19)26(13-7-12-25(2)3)22(27)18-14-16-9-6-10-17(28-4)21(16)29-18/h5-6,8-11,14H,7,12-13H2,1-4H3. The maximum Gasteiger partial charge on any atom is 0.295 e. The van der Waals surface area contributed by atoms with Crippen LogP contribution in [-0.2, 0) is 0 Å². The van der Waals surface area contributed by atoms with Gasteiger partial charge in [0.05, 0.1) is 17.3 Å². The molecule has 0 saturated heterocycles. The van der Waals surface area contributed by atoms with Crippen molar-refractivity contribution in [1.82, 2.24) is 9.88 Å². The summed E-state index contributed by atoms with van der Waals surface area (Å²) in [5.41, 5.74) is 2.62. The van der Waals surface area contributed by atoms with Crippen molar-refractivity contribution in [3.8, 4) is 5.75 Å². The molecular weight excluding hydrogens is 398 g/mol. The molecule has 0 N–H and O–H groups in total. The van der Waals surface area contributed by atoms with Gasteiger partial charge in [-0.25, -0.2) is 4.98 Å². The molecule has 30 heavy (non-hydrogen) atoms. The number of methoxy groups -OCH3 is 1. The summed E-state index contributed by atoms with van der Waals surface area (Å²) in [6.45, 7) is 3.47. The number of carbonyl (C=O) groups excluding carboxylic acids is 1. The van der Waals surface area contributed by atoms with E-state index in [1.165, 1.54) is 11.3 Å². The second kappa shape index (κ2) is 8.45. The van der Waals surface area contributed by atoms with Crippen molar-refractivity contribution in [2.24, 2.45) is 0 Å². The number of hydrogen-bond acceptors (Lipinski definition) is 6. The molecule has 2 aromatic carbocycles. The lowest BCUT2D eigenvalue weighted by atomic mass is 10.2. The van der Waals surface area contributed by atoms with Crippen molar-refractivity contribution in [1.29, 1.82) is 0 Å². The Bertz CT molecular complexity index is 1200. The van der Waals surface area contributed by atoms with Crippen molar-refractivity contribution >= 4 is 43.6 Å². The van der Waals surface area contributed by atoms with Gasteiger partial charge in [0.25, 0.3) is 5.91 Å². The van der Waals surface area contributed by atoms with Crippen LogP contribution in [0.5, 0.6) is 5.75 Å². The topological polar surface area (TPSA) is 58.8 Å². The quantitative estimate of drug-likeness (QED) is 0.421. The molecule has 4 aromatic rings. The molecule has 0 saturated carbocycles. The fraction of sp³-hybridized carbons (Fsp3) is 0.304. The highest BCUT2D eigenvalue weighted by atomic mass is 32.1. The molecule has 0 unspecified atom stereocenters.